The second-order valence-electron chi connectivity index (χ2n) is 4.65. The summed E-state index contributed by atoms with van der Waals surface area (Å²) in [6.07, 6.45) is 5.73. The molecule has 0 aliphatic heterocycles. The third kappa shape index (κ3) is 1.80. The van der Waals surface area contributed by atoms with Crippen LogP contribution in [0.4, 0.5) is 0 Å². The molecule has 0 amide bonds. The highest BCUT2D eigenvalue weighted by Crippen LogP contribution is 2.27. The van der Waals surface area contributed by atoms with Crippen molar-refractivity contribution in [1.82, 2.24) is 14.6 Å². The molecule has 3 nitrogen and oxygen atoms in total. The number of rotatable bonds is 1. The standard InChI is InChI=1S/C16H10BrN3/c17-13-5-6-20-16(8-13)14(10-19-20)12-7-11-3-1-2-4-15(11)18-9-12/h1-10H. The average Bonchev–Trinajstić information content (AvgIpc) is 2.89. The first-order chi connectivity index (χ1) is 9.81. The fourth-order valence-corrected chi connectivity index (χ4v) is 2.73. The topological polar surface area (TPSA) is 30.2 Å². The summed E-state index contributed by atoms with van der Waals surface area (Å²) in [5.41, 5.74) is 4.24. The van der Waals surface area contributed by atoms with Gasteiger partial charge in [-0.05, 0) is 24.3 Å². The van der Waals surface area contributed by atoms with Gasteiger partial charge in [-0.1, -0.05) is 34.1 Å². The molecule has 0 spiro atoms. The molecule has 3 heterocycles. The normalized spacial score (nSPS) is 11.2. The lowest BCUT2D eigenvalue weighted by atomic mass is 10.1. The minimum absolute atomic E-state index is 1.01. The lowest BCUT2D eigenvalue weighted by Gasteiger charge is -2.02. The van der Waals surface area contributed by atoms with Crippen LogP contribution in [0.3, 0.4) is 0 Å². The van der Waals surface area contributed by atoms with E-state index in [1.54, 1.807) is 0 Å². The average molecular weight is 324 g/mol. The fraction of sp³-hybridized carbons (Fsp3) is 0. The molecule has 0 saturated heterocycles. The molecule has 0 fully saturated rings. The predicted octanol–water partition coefficient (Wildman–Crippen LogP) is 4.31. The number of fused-ring (bicyclic) bond motifs is 2. The van der Waals surface area contributed by atoms with E-state index in [1.165, 1.54) is 0 Å². The van der Waals surface area contributed by atoms with Crippen molar-refractivity contribution in [2.24, 2.45) is 0 Å². The van der Waals surface area contributed by atoms with Gasteiger partial charge >= 0.3 is 0 Å². The predicted molar refractivity (Wildman–Crippen MR) is 83.6 cm³/mol. The van der Waals surface area contributed by atoms with Gasteiger partial charge in [-0.2, -0.15) is 5.10 Å². The number of pyridine rings is 2. The molecule has 3 aromatic heterocycles. The van der Waals surface area contributed by atoms with Crippen LogP contribution >= 0.6 is 15.9 Å². The van der Waals surface area contributed by atoms with Gasteiger partial charge in [0.15, 0.2) is 0 Å². The molecule has 4 heteroatoms. The van der Waals surface area contributed by atoms with Gasteiger partial charge in [-0.15, -0.1) is 0 Å². The summed E-state index contributed by atoms with van der Waals surface area (Å²) in [5.74, 6) is 0. The van der Waals surface area contributed by atoms with Gasteiger partial charge in [0.05, 0.1) is 17.2 Å². The van der Waals surface area contributed by atoms with Gasteiger partial charge in [0, 0.05) is 33.4 Å². The minimum atomic E-state index is 1.01. The minimum Gasteiger partial charge on any atom is -0.256 e. The monoisotopic (exact) mass is 323 g/mol. The molecule has 0 aliphatic rings. The summed E-state index contributed by atoms with van der Waals surface area (Å²) >= 11 is 3.51. The molecule has 0 aliphatic carbocycles. The summed E-state index contributed by atoms with van der Waals surface area (Å²) in [7, 11) is 0. The summed E-state index contributed by atoms with van der Waals surface area (Å²) in [6.45, 7) is 0. The fourth-order valence-electron chi connectivity index (χ4n) is 2.40. The molecular weight excluding hydrogens is 314 g/mol. The molecule has 96 valence electrons. The Morgan fingerprint density at radius 3 is 2.85 bits per heavy atom. The number of hydrogen-bond donors (Lipinski definition) is 0. The molecule has 0 N–H and O–H groups in total. The summed E-state index contributed by atoms with van der Waals surface area (Å²) in [6, 6.07) is 14.3. The van der Waals surface area contributed by atoms with Crippen molar-refractivity contribution in [2.45, 2.75) is 0 Å². The van der Waals surface area contributed by atoms with Gasteiger partial charge in [-0.25, -0.2) is 4.52 Å². The Morgan fingerprint density at radius 2 is 1.90 bits per heavy atom. The first-order valence-electron chi connectivity index (χ1n) is 6.29. The van der Waals surface area contributed by atoms with Crippen molar-refractivity contribution in [1.29, 1.82) is 0 Å². The van der Waals surface area contributed by atoms with Crippen LogP contribution in [-0.2, 0) is 0 Å². The van der Waals surface area contributed by atoms with Crippen LogP contribution in [0.2, 0.25) is 0 Å². The number of aromatic nitrogens is 3. The summed E-state index contributed by atoms with van der Waals surface area (Å²) in [4.78, 5) is 4.52. The Balaban J connectivity index is 1.98. The molecule has 0 bridgehead atoms. The van der Waals surface area contributed by atoms with Crippen molar-refractivity contribution in [3.63, 3.8) is 0 Å². The molecule has 4 aromatic rings. The van der Waals surface area contributed by atoms with Gasteiger partial charge in [0.2, 0.25) is 0 Å². The van der Waals surface area contributed by atoms with E-state index in [4.69, 9.17) is 0 Å². The van der Waals surface area contributed by atoms with Gasteiger partial charge < -0.3 is 0 Å². The smallest absolute Gasteiger partial charge is 0.0751 e. The van der Waals surface area contributed by atoms with Crippen LogP contribution in [-0.4, -0.2) is 14.6 Å². The van der Waals surface area contributed by atoms with Crippen LogP contribution in [0, 0.1) is 0 Å². The Labute approximate surface area is 124 Å². The highest BCUT2D eigenvalue weighted by molar-refractivity contribution is 9.10. The maximum atomic E-state index is 4.52. The van der Waals surface area contributed by atoms with Crippen LogP contribution < -0.4 is 0 Å². The first kappa shape index (κ1) is 11.6. The molecule has 20 heavy (non-hydrogen) atoms. The largest absolute Gasteiger partial charge is 0.256 e. The SMILES string of the molecule is Brc1ccn2ncc(-c3cnc4ccccc4c3)c2c1. The molecule has 0 atom stereocenters. The van der Waals surface area contributed by atoms with E-state index in [1.807, 2.05) is 47.4 Å². The van der Waals surface area contributed by atoms with Crippen molar-refractivity contribution in [3.8, 4) is 11.1 Å². The van der Waals surface area contributed by atoms with Crippen molar-refractivity contribution < 1.29 is 0 Å². The highest BCUT2D eigenvalue weighted by Gasteiger charge is 2.08. The number of para-hydroxylation sites is 1. The summed E-state index contributed by atoms with van der Waals surface area (Å²) < 4.78 is 2.91. The molecule has 0 unspecified atom stereocenters. The van der Waals surface area contributed by atoms with E-state index < -0.39 is 0 Å². The summed E-state index contributed by atoms with van der Waals surface area (Å²) in [5, 5.41) is 5.52. The number of nitrogens with zero attached hydrogens (tertiary/aromatic N) is 3. The van der Waals surface area contributed by atoms with Crippen molar-refractivity contribution in [3.05, 3.63) is 65.5 Å². The van der Waals surface area contributed by atoms with Crippen LogP contribution in [0.1, 0.15) is 0 Å². The molecule has 1 aromatic carbocycles. The van der Waals surface area contributed by atoms with E-state index in [0.717, 1.165) is 32.0 Å². The zero-order valence-electron chi connectivity index (χ0n) is 10.5. The third-order valence-electron chi connectivity index (χ3n) is 3.39. The van der Waals surface area contributed by atoms with Crippen molar-refractivity contribution >= 4 is 32.3 Å². The third-order valence-corrected chi connectivity index (χ3v) is 3.88. The first-order valence-corrected chi connectivity index (χ1v) is 7.09. The van der Waals surface area contributed by atoms with E-state index in [2.05, 4.69) is 44.2 Å². The van der Waals surface area contributed by atoms with Gasteiger partial charge in [0.1, 0.15) is 0 Å². The van der Waals surface area contributed by atoms with Gasteiger partial charge in [0.25, 0.3) is 0 Å². The zero-order chi connectivity index (χ0) is 13.5. The van der Waals surface area contributed by atoms with E-state index in [0.29, 0.717) is 0 Å². The quantitative estimate of drug-likeness (QED) is 0.522. The second kappa shape index (κ2) is 4.42. The molecule has 4 rings (SSSR count). The highest BCUT2D eigenvalue weighted by atomic mass is 79.9. The Morgan fingerprint density at radius 1 is 1.00 bits per heavy atom. The molecule has 0 saturated carbocycles. The van der Waals surface area contributed by atoms with Crippen LogP contribution in [0.5, 0.6) is 0 Å². The lowest BCUT2D eigenvalue weighted by Crippen LogP contribution is -1.86. The van der Waals surface area contributed by atoms with Crippen molar-refractivity contribution in [2.75, 3.05) is 0 Å². The Bertz CT molecular complexity index is 927. The molecule has 0 radical (unpaired) electrons. The Kier molecular flexibility index (Phi) is 2.57. The van der Waals surface area contributed by atoms with Gasteiger partial charge in [-0.3, -0.25) is 4.98 Å². The van der Waals surface area contributed by atoms with E-state index in [-0.39, 0.29) is 0 Å². The van der Waals surface area contributed by atoms with E-state index in [9.17, 15) is 0 Å². The Hall–Kier alpha value is -2.20. The number of hydrogen-bond acceptors (Lipinski definition) is 2. The number of halogens is 1. The molecular formula is C16H10BrN3. The lowest BCUT2D eigenvalue weighted by molar-refractivity contribution is 0.959. The van der Waals surface area contributed by atoms with E-state index >= 15 is 0 Å². The number of benzene rings is 1. The maximum absolute atomic E-state index is 4.52. The van der Waals surface area contributed by atoms with Crippen LogP contribution in [0.15, 0.2) is 65.5 Å². The second-order valence-corrected chi connectivity index (χ2v) is 5.57. The maximum Gasteiger partial charge on any atom is 0.0751 e. The van der Waals surface area contributed by atoms with Crippen LogP contribution in [0.25, 0.3) is 27.5 Å². The zero-order valence-corrected chi connectivity index (χ0v) is 12.1.